The van der Waals surface area contributed by atoms with Crippen LogP contribution < -0.4 is 5.32 Å². The summed E-state index contributed by atoms with van der Waals surface area (Å²) in [5.74, 6) is 0.475. The van der Waals surface area contributed by atoms with Gasteiger partial charge in [0.1, 0.15) is 0 Å². The Morgan fingerprint density at radius 1 is 0.923 bits per heavy atom. The van der Waals surface area contributed by atoms with Crippen molar-refractivity contribution in [3.05, 3.63) is 83.4 Å². The van der Waals surface area contributed by atoms with Gasteiger partial charge in [-0.1, -0.05) is 67.6 Å². The van der Waals surface area contributed by atoms with Crippen molar-refractivity contribution in [3.63, 3.8) is 0 Å². The number of aryl methyl sites for hydroxylation is 1. The summed E-state index contributed by atoms with van der Waals surface area (Å²) in [6.07, 6.45) is 2.45. The van der Waals surface area contributed by atoms with E-state index in [-0.39, 0.29) is 6.10 Å². The first kappa shape index (κ1) is 17.3. The van der Waals surface area contributed by atoms with Crippen LogP contribution >= 0.6 is 0 Å². The first-order valence-corrected chi connectivity index (χ1v) is 9.72. The number of benzene rings is 3. The molecule has 0 amide bonds. The number of piperidine rings is 1. The standard InChI is InChI=1S/C24H27NO/c1-2-18-7-11-21(12-8-18)23-13-14-25-16-24(23)26-17-19-9-10-20-5-3-4-6-22(20)15-19/h3-12,15,23-25H,2,13-14,16-17H2,1H3. The van der Waals surface area contributed by atoms with E-state index in [4.69, 9.17) is 4.74 Å². The number of ether oxygens (including phenoxy) is 1. The number of rotatable bonds is 5. The van der Waals surface area contributed by atoms with Crippen LogP contribution in [-0.2, 0) is 17.8 Å². The molecule has 0 aliphatic carbocycles. The van der Waals surface area contributed by atoms with Gasteiger partial charge in [0.05, 0.1) is 12.7 Å². The minimum atomic E-state index is 0.225. The van der Waals surface area contributed by atoms with E-state index in [0.29, 0.717) is 12.5 Å². The molecule has 1 fully saturated rings. The fraction of sp³-hybridized carbons (Fsp3) is 0.333. The maximum atomic E-state index is 6.38. The highest BCUT2D eigenvalue weighted by atomic mass is 16.5. The van der Waals surface area contributed by atoms with E-state index in [1.165, 1.54) is 27.5 Å². The van der Waals surface area contributed by atoms with Gasteiger partial charge in [0.2, 0.25) is 0 Å². The van der Waals surface area contributed by atoms with Crippen molar-refractivity contribution in [2.24, 2.45) is 0 Å². The molecule has 1 aliphatic heterocycles. The van der Waals surface area contributed by atoms with Gasteiger partial charge in [0.15, 0.2) is 0 Å². The van der Waals surface area contributed by atoms with Crippen LogP contribution in [0.5, 0.6) is 0 Å². The monoisotopic (exact) mass is 345 g/mol. The van der Waals surface area contributed by atoms with Gasteiger partial charge >= 0.3 is 0 Å². The third-order valence-electron chi connectivity index (χ3n) is 5.52. The van der Waals surface area contributed by atoms with Gasteiger partial charge in [0, 0.05) is 12.5 Å². The summed E-state index contributed by atoms with van der Waals surface area (Å²) >= 11 is 0. The Kier molecular flexibility index (Phi) is 5.33. The lowest BCUT2D eigenvalue weighted by Gasteiger charge is -2.32. The van der Waals surface area contributed by atoms with Crippen LogP contribution in [0, 0.1) is 0 Å². The summed E-state index contributed by atoms with van der Waals surface area (Å²) < 4.78 is 6.38. The Labute approximate surface area is 156 Å². The van der Waals surface area contributed by atoms with E-state index in [9.17, 15) is 0 Å². The average molecular weight is 345 g/mol. The van der Waals surface area contributed by atoms with Gasteiger partial charge in [-0.05, 0) is 52.9 Å². The van der Waals surface area contributed by atoms with Crippen LogP contribution in [0.15, 0.2) is 66.7 Å². The molecule has 1 saturated heterocycles. The smallest absolute Gasteiger partial charge is 0.0772 e. The fourth-order valence-electron chi connectivity index (χ4n) is 3.92. The molecule has 1 heterocycles. The van der Waals surface area contributed by atoms with E-state index in [1.54, 1.807) is 0 Å². The molecule has 3 aromatic rings. The zero-order valence-electron chi connectivity index (χ0n) is 15.4. The molecular weight excluding hydrogens is 318 g/mol. The maximum absolute atomic E-state index is 6.38. The van der Waals surface area contributed by atoms with E-state index in [2.05, 4.69) is 79.0 Å². The summed E-state index contributed by atoms with van der Waals surface area (Å²) in [6.45, 7) is 4.86. The van der Waals surface area contributed by atoms with Gasteiger partial charge in [-0.3, -0.25) is 0 Å². The predicted octanol–water partition coefficient (Wildman–Crippen LogP) is 5.06. The molecule has 26 heavy (non-hydrogen) atoms. The number of hydrogen-bond donors (Lipinski definition) is 1. The lowest BCUT2D eigenvalue weighted by molar-refractivity contribution is 0.0106. The van der Waals surface area contributed by atoms with Crippen LogP contribution in [0.3, 0.4) is 0 Å². The second-order valence-electron chi connectivity index (χ2n) is 7.23. The summed E-state index contributed by atoms with van der Waals surface area (Å²) in [6, 6.07) is 24.2. The summed E-state index contributed by atoms with van der Waals surface area (Å²) in [5, 5.41) is 6.06. The van der Waals surface area contributed by atoms with Crippen LogP contribution in [0.4, 0.5) is 0 Å². The minimum Gasteiger partial charge on any atom is -0.372 e. The van der Waals surface area contributed by atoms with Crippen molar-refractivity contribution >= 4 is 10.8 Å². The lowest BCUT2D eigenvalue weighted by atomic mass is 9.87. The van der Waals surface area contributed by atoms with Gasteiger partial charge in [-0.15, -0.1) is 0 Å². The molecule has 1 N–H and O–H groups in total. The molecule has 3 aromatic carbocycles. The molecule has 0 saturated carbocycles. The highest BCUT2D eigenvalue weighted by Crippen LogP contribution is 2.29. The first-order chi connectivity index (χ1) is 12.8. The largest absolute Gasteiger partial charge is 0.372 e. The Morgan fingerprint density at radius 3 is 2.50 bits per heavy atom. The highest BCUT2D eigenvalue weighted by Gasteiger charge is 2.27. The summed E-state index contributed by atoms with van der Waals surface area (Å²) in [7, 11) is 0. The molecule has 2 nitrogen and oxygen atoms in total. The van der Waals surface area contributed by atoms with Crippen molar-refractivity contribution in [1.29, 1.82) is 0 Å². The predicted molar refractivity (Wildman–Crippen MR) is 109 cm³/mol. The van der Waals surface area contributed by atoms with Crippen molar-refractivity contribution in [3.8, 4) is 0 Å². The van der Waals surface area contributed by atoms with Gasteiger partial charge in [-0.25, -0.2) is 0 Å². The third kappa shape index (κ3) is 3.82. The molecule has 2 heteroatoms. The van der Waals surface area contributed by atoms with Gasteiger partial charge in [0.25, 0.3) is 0 Å². The fourth-order valence-corrected chi connectivity index (χ4v) is 3.92. The van der Waals surface area contributed by atoms with Crippen LogP contribution in [-0.4, -0.2) is 19.2 Å². The second-order valence-corrected chi connectivity index (χ2v) is 7.23. The molecule has 134 valence electrons. The quantitative estimate of drug-likeness (QED) is 0.697. The molecule has 2 atom stereocenters. The molecule has 1 aliphatic rings. The van der Waals surface area contributed by atoms with Crippen LogP contribution in [0.2, 0.25) is 0 Å². The topological polar surface area (TPSA) is 21.3 Å². The van der Waals surface area contributed by atoms with Gasteiger partial charge in [-0.2, -0.15) is 0 Å². The number of fused-ring (bicyclic) bond motifs is 1. The molecule has 4 rings (SSSR count). The maximum Gasteiger partial charge on any atom is 0.0772 e. The second kappa shape index (κ2) is 8.03. The Hall–Kier alpha value is -2.16. The SMILES string of the molecule is CCc1ccc(C2CCNCC2OCc2ccc3ccccc3c2)cc1. The Bertz CT molecular complexity index is 855. The van der Waals surface area contributed by atoms with Crippen molar-refractivity contribution in [2.45, 2.75) is 38.4 Å². The lowest BCUT2D eigenvalue weighted by Crippen LogP contribution is -2.40. The molecule has 0 aromatic heterocycles. The van der Waals surface area contributed by atoms with Gasteiger partial charge < -0.3 is 10.1 Å². The summed E-state index contributed by atoms with van der Waals surface area (Å²) in [4.78, 5) is 0. The minimum absolute atomic E-state index is 0.225. The average Bonchev–Trinajstić information content (AvgIpc) is 2.72. The van der Waals surface area contributed by atoms with Crippen LogP contribution in [0.25, 0.3) is 10.8 Å². The molecule has 0 radical (unpaired) electrons. The normalized spacial score (nSPS) is 20.3. The summed E-state index contributed by atoms with van der Waals surface area (Å²) in [5.41, 5.74) is 4.05. The van der Waals surface area contributed by atoms with E-state index >= 15 is 0 Å². The molecule has 2 unspecified atom stereocenters. The van der Waals surface area contributed by atoms with Crippen molar-refractivity contribution in [1.82, 2.24) is 5.32 Å². The Balaban J connectivity index is 1.47. The first-order valence-electron chi connectivity index (χ1n) is 9.72. The molecule has 0 bridgehead atoms. The Morgan fingerprint density at radius 2 is 1.69 bits per heavy atom. The molecular formula is C24H27NO. The third-order valence-corrected chi connectivity index (χ3v) is 5.52. The number of nitrogens with one attached hydrogen (secondary N) is 1. The van der Waals surface area contributed by atoms with Crippen LogP contribution in [0.1, 0.15) is 36.0 Å². The van der Waals surface area contributed by atoms with Crippen molar-refractivity contribution < 1.29 is 4.74 Å². The van der Waals surface area contributed by atoms with E-state index in [1.807, 2.05) is 0 Å². The number of hydrogen-bond acceptors (Lipinski definition) is 2. The zero-order chi connectivity index (χ0) is 17.8. The van der Waals surface area contributed by atoms with E-state index in [0.717, 1.165) is 25.9 Å². The van der Waals surface area contributed by atoms with Crippen molar-refractivity contribution in [2.75, 3.05) is 13.1 Å². The zero-order valence-corrected chi connectivity index (χ0v) is 15.4. The van der Waals surface area contributed by atoms with E-state index < -0.39 is 0 Å². The molecule has 0 spiro atoms. The highest BCUT2D eigenvalue weighted by molar-refractivity contribution is 5.82.